The molecule has 0 N–H and O–H groups in total. The smallest absolute Gasteiger partial charge is 0.219 e. The molecule has 3 aliphatic carbocycles. The van der Waals surface area contributed by atoms with E-state index in [9.17, 15) is 0 Å². The molecule has 0 amide bonds. The molecule has 0 aromatic heterocycles. The van der Waals surface area contributed by atoms with Crippen molar-refractivity contribution in [3.63, 3.8) is 0 Å². The Labute approximate surface area is 266 Å². The highest BCUT2D eigenvalue weighted by atomic mass is 35.6. The lowest BCUT2D eigenvalue weighted by Crippen LogP contribution is -2.57. The fraction of sp³-hybridized carbons (Fsp3) is 1.00. The third-order valence-corrected chi connectivity index (χ3v) is 13.8. The van der Waals surface area contributed by atoms with Crippen LogP contribution in [-0.2, 0) is 18.9 Å². The summed E-state index contributed by atoms with van der Waals surface area (Å²) in [7, 11) is 0. The number of fused-ring (bicyclic) bond motifs is 2. The predicted molar refractivity (Wildman–Crippen MR) is 171 cm³/mol. The molecule has 3 saturated carbocycles. The average Bonchev–Trinajstić information content (AvgIpc) is 3.61. The largest absolute Gasteiger partial charge is 0.353 e. The van der Waals surface area contributed by atoms with Crippen molar-refractivity contribution in [1.82, 2.24) is 0 Å². The van der Waals surface area contributed by atoms with Gasteiger partial charge in [-0.3, -0.25) is 0 Å². The van der Waals surface area contributed by atoms with Gasteiger partial charge in [0.2, 0.25) is 3.79 Å². The van der Waals surface area contributed by atoms with Gasteiger partial charge in [0, 0.05) is 18.6 Å². The predicted octanol–water partition coefficient (Wildman–Crippen LogP) is 10.8. The molecule has 4 nitrogen and oxygen atoms in total. The van der Waals surface area contributed by atoms with Crippen LogP contribution in [0.4, 0.5) is 0 Å². The maximum atomic E-state index is 6.83. The number of rotatable bonds is 13. The zero-order valence-corrected chi connectivity index (χ0v) is 29.6. The quantitative estimate of drug-likeness (QED) is 0.149. The van der Waals surface area contributed by atoms with Crippen LogP contribution in [0.1, 0.15) is 145 Å². The number of hydrogen-bond acceptors (Lipinski definition) is 4. The van der Waals surface area contributed by atoms with Gasteiger partial charge in [-0.2, -0.15) is 0 Å². The molecule has 0 radical (unpaired) electrons. The summed E-state index contributed by atoms with van der Waals surface area (Å²) in [6.45, 7) is 20.1. The molecule has 4 aliphatic rings. The zero-order chi connectivity index (χ0) is 30.4. The monoisotopic (exact) mass is 636 g/mol. The van der Waals surface area contributed by atoms with Crippen LogP contribution < -0.4 is 0 Å². The summed E-state index contributed by atoms with van der Waals surface area (Å²) in [5.74, 6) is 0.495. The molecule has 6 unspecified atom stereocenters. The zero-order valence-electron chi connectivity index (χ0n) is 27.3. The minimum Gasteiger partial charge on any atom is -0.353 e. The number of alkyl halides is 3. The van der Waals surface area contributed by atoms with E-state index in [1.165, 1.54) is 12.8 Å². The van der Waals surface area contributed by atoms with E-state index in [1.807, 2.05) is 0 Å². The van der Waals surface area contributed by atoms with E-state index < -0.39 is 9.39 Å². The number of hydrogen-bond donors (Lipinski definition) is 0. The van der Waals surface area contributed by atoms with Gasteiger partial charge in [0.05, 0.1) is 5.60 Å². The minimum absolute atomic E-state index is 0.125. The van der Waals surface area contributed by atoms with Crippen LogP contribution in [0.5, 0.6) is 0 Å². The Morgan fingerprint density at radius 3 is 2.12 bits per heavy atom. The second-order valence-electron chi connectivity index (χ2n) is 15.6. The minimum atomic E-state index is -1.53. The van der Waals surface area contributed by atoms with Gasteiger partial charge >= 0.3 is 0 Å². The van der Waals surface area contributed by atoms with Crippen LogP contribution in [0, 0.1) is 27.6 Å². The Hall–Kier alpha value is 0.710. The molecule has 6 atom stereocenters. The number of halogens is 3. The molecular formula is C34H59Cl3O4. The lowest BCUT2D eigenvalue weighted by atomic mass is 9.54. The molecule has 0 aromatic carbocycles. The summed E-state index contributed by atoms with van der Waals surface area (Å²) < 4.78 is 24.0. The fourth-order valence-electron chi connectivity index (χ4n) is 10.1. The lowest BCUT2D eigenvalue weighted by Gasteiger charge is -2.52. The first-order valence-electron chi connectivity index (χ1n) is 16.7. The third kappa shape index (κ3) is 6.39. The van der Waals surface area contributed by atoms with Crippen LogP contribution in [-0.4, -0.2) is 40.8 Å². The highest BCUT2D eigenvalue weighted by molar-refractivity contribution is 6.68. The summed E-state index contributed by atoms with van der Waals surface area (Å²) in [4.78, 5) is 0. The van der Waals surface area contributed by atoms with Gasteiger partial charge < -0.3 is 18.9 Å². The van der Waals surface area contributed by atoms with Gasteiger partial charge in [0.1, 0.15) is 5.60 Å². The molecule has 1 aliphatic heterocycles. The standard InChI is InChI=1S/C34H59Cl3O4/c1-9-21-38-25(3)40-30(7)16-13-14-26(30)29(6,10-2)23-28(4,5)32-17-19-33(24-32,20-18-32)31(8,34(35,36)37)41-27-15-11-12-22-39-27/h25-27H,9-24H2,1-8H3. The van der Waals surface area contributed by atoms with Gasteiger partial charge in [-0.05, 0) is 120 Å². The highest BCUT2D eigenvalue weighted by Crippen LogP contribution is 2.75. The van der Waals surface area contributed by atoms with Crippen molar-refractivity contribution >= 4 is 34.8 Å². The van der Waals surface area contributed by atoms with Crippen LogP contribution >= 0.6 is 34.8 Å². The fourth-order valence-corrected chi connectivity index (χ4v) is 10.8. The third-order valence-electron chi connectivity index (χ3n) is 12.7. The summed E-state index contributed by atoms with van der Waals surface area (Å²) >= 11 is 20.5. The summed E-state index contributed by atoms with van der Waals surface area (Å²) in [5.41, 5.74) is -0.753. The van der Waals surface area contributed by atoms with E-state index in [0.29, 0.717) is 12.5 Å². The Bertz CT molecular complexity index is 876. The molecule has 1 saturated heterocycles. The van der Waals surface area contributed by atoms with E-state index in [0.717, 1.165) is 83.7 Å². The number of ether oxygens (including phenoxy) is 4. The molecule has 1 heterocycles. The topological polar surface area (TPSA) is 36.9 Å². The molecule has 7 heteroatoms. The molecule has 0 aromatic rings. The first-order chi connectivity index (χ1) is 19.0. The van der Waals surface area contributed by atoms with Crippen LogP contribution in [0.15, 0.2) is 0 Å². The van der Waals surface area contributed by atoms with Crippen molar-refractivity contribution in [2.24, 2.45) is 27.6 Å². The Kier molecular flexibility index (Phi) is 10.5. The molecule has 0 spiro atoms. The molecule has 2 bridgehead atoms. The first kappa shape index (κ1) is 34.6. The summed E-state index contributed by atoms with van der Waals surface area (Å²) in [5, 5.41) is 0. The molecule has 4 rings (SSSR count). The van der Waals surface area contributed by atoms with E-state index in [4.69, 9.17) is 53.8 Å². The molecule has 4 fully saturated rings. The molecule has 41 heavy (non-hydrogen) atoms. The summed E-state index contributed by atoms with van der Waals surface area (Å²) in [6, 6.07) is 0. The van der Waals surface area contributed by atoms with Gasteiger partial charge in [-0.1, -0.05) is 82.3 Å². The normalized spacial score (nSPS) is 38.1. The van der Waals surface area contributed by atoms with Gasteiger partial charge in [-0.15, -0.1) is 0 Å². The Balaban J connectivity index is 1.56. The SMILES string of the molecule is CCCOC(C)OC1(C)CCCC1C(C)(CC)CC(C)(C)C12CCC(C(C)(OC3CCCCO3)C(Cl)(Cl)Cl)(CC1)C2. The first-order valence-corrected chi connectivity index (χ1v) is 17.8. The average molecular weight is 638 g/mol. The van der Waals surface area contributed by atoms with Crippen LogP contribution in [0.2, 0.25) is 0 Å². The van der Waals surface area contributed by atoms with E-state index in [-0.39, 0.29) is 39.8 Å². The highest BCUT2D eigenvalue weighted by Gasteiger charge is 2.71. The second-order valence-corrected chi connectivity index (χ2v) is 17.8. The van der Waals surface area contributed by atoms with E-state index in [2.05, 4.69) is 55.4 Å². The van der Waals surface area contributed by atoms with Gasteiger partial charge in [-0.25, -0.2) is 0 Å². The Morgan fingerprint density at radius 2 is 1.56 bits per heavy atom. The van der Waals surface area contributed by atoms with Crippen molar-refractivity contribution in [3.8, 4) is 0 Å². The summed E-state index contributed by atoms with van der Waals surface area (Å²) in [6.07, 6.45) is 14.8. The maximum Gasteiger partial charge on any atom is 0.219 e. The maximum absolute atomic E-state index is 6.83. The van der Waals surface area contributed by atoms with Crippen molar-refractivity contribution in [3.05, 3.63) is 0 Å². The van der Waals surface area contributed by atoms with Crippen LogP contribution in [0.25, 0.3) is 0 Å². The Morgan fingerprint density at radius 1 is 0.902 bits per heavy atom. The molecular weight excluding hydrogens is 579 g/mol. The van der Waals surface area contributed by atoms with Crippen LogP contribution in [0.3, 0.4) is 0 Å². The van der Waals surface area contributed by atoms with Gasteiger partial charge in [0.25, 0.3) is 0 Å². The lowest BCUT2D eigenvalue weighted by molar-refractivity contribution is -0.251. The van der Waals surface area contributed by atoms with E-state index in [1.54, 1.807) is 0 Å². The van der Waals surface area contributed by atoms with E-state index >= 15 is 0 Å². The van der Waals surface area contributed by atoms with Crippen molar-refractivity contribution in [1.29, 1.82) is 0 Å². The second kappa shape index (κ2) is 12.5. The van der Waals surface area contributed by atoms with Gasteiger partial charge in [0.15, 0.2) is 12.6 Å². The molecule has 240 valence electrons. The van der Waals surface area contributed by atoms with Crippen molar-refractivity contribution in [2.45, 2.75) is 173 Å². The van der Waals surface area contributed by atoms with Crippen molar-refractivity contribution < 1.29 is 18.9 Å². The van der Waals surface area contributed by atoms with Crippen molar-refractivity contribution in [2.75, 3.05) is 13.2 Å².